The van der Waals surface area contributed by atoms with Crippen LogP contribution < -0.4 is 4.90 Å². The van der Waals surface area contributed by atoms with Gasteiger partial charge in [-0.15, -0.1) is 0 Å². The number of fused-ring (bicyclic) bond motifs is 2. The fourth-order valence-electron chi connectivity index (χ4n) is 4.15. The van der Waals surface area contributed by atoms with E-state index in [0.717, 1.165) is 10.5 Å². The summed E-state index contributed by atoms with van der Waals surface area (Å²) in [6.45, 7) is 1.83. The number of carbonyl (C=O) groups is 4. The van der Waals surface area contributed by atoms with Crippen molar-refractivity contribution in [2.45, 2.75) is 19.8 Å². The number of amides is 2. The minimum absolute atomic E-state index is 0.0687. The van der Waals surface area contributed by atoms with Crippen LogP contribution in [0.15, 0.2) is 18.2 Å². The molecule has 1 aromatic carbocycles. The number of ketones is 2. The highest BCUT2D eigenvalue weighted by Gasteiger charge is 2.63. The Morgan fingerprint density at radius 3 is 1.96 bits per heavy atom. The molecule has 0 N–H and O–H groups in total. The standard InChI is InChI=1S/C17H14ClNO4/c1-7-2-3-8(4-11(7)18)19-16(22)14-9-5-12(20)10(6-13(9)21)15(14)17(19)23/h2-4,9-10,14-15H,5-6H2,1H3/t9-,10+,14+,15-. The van der Waals surface area contributed by atoms with Crippen LogP contribution in [0.4, 0.5) is 5.69 Å². The van der Waals surface area contributed by atoms with E-state index in [-0.39, 0.29) is 36.2 Å². The molecule has 5 rings (SSSR count). The van der Waals surface area contributed by atoms with Crippen LogP contribution in [0.5, 0.6) is 0 Å². The van der Waals surface area contributed by atoms with Crippen molar-refractivity contribution < 1.29 is 19.2 Å². The number of rotatable bonds is 1. The van der Waals surface area contributed by atoms with Crippen molar-refractivity contribution in [1.82, 2.24) is 0 Å². The van der Waals surface area contributed by atoms with Gasteiger partial charge in [0.15, 0.2) is 0 Å². The molecular weight excluding hydrogens is 318 g/mol. The lowest BCUT2D eigenvalue weighted by Gasteiger charge is -2.40. The summed E-state index contributed by atoms with van der Waals surface area (Å²) in [6, 6.07) is 4.99. The van der Waals surface area contributed by atoms with Gasteiger partial charge in [-0.05, 0) is 24.6 Å². The van der Waals surface area contributed by atoms with Crippen molar-refractivity contribution in [3.05, 3.63) is 28.8 Å². The second kappa shape index (κ2) is 4.74. The maximum absolute atomic E-state index is 12.8. The number of benzene rings is 1. The van der Waals surface area contributed by atoms with Gasteiger partial charge in [0.25, 0.3) is 0 Å². The molecule has 0 radical (unpaired) electrons. The molecule has 2 amide bonds. The largest absolute Gasteiger partial charge is 0.299 e. The number of hydrogen-bond acceptors (Lipinski definition) is 4. The first kappa shape index (κ1) is 14.6. The zero-order valence-corrected chi connectivity index (χ0v) is 13.2. The van der Waals surface area contributed by atoms with E-state index >= 15 is 0 Å². The van der Waals surface area contributed by atoms with Crippen molar-refractivity contribution in [3.63, 3.8) is 0 Å². The molecule has 0 aromatic heterocycles. The van der Waals surface area contributed by atoms with Gasteiger partial charge in [0.2, 0.25) is 11.8 Å². The second-order valence-corrected chi connectivity index (χ2v) is 6.96. The van der Waals surface area contributed by atoms with Gasteiger partial charge >= 0.3 is 0 Å². The van der Waals surface area contributed by atoms with Crippen LogP contribution in [-0.4, -0.2) is 23.4 Å². The molecule has 1 heterocycles. The molecular formula is C17H14ClNO4. The van der Waals surface area contributed by atoms with Crippen LogP contribution in [0.3, 0.4) is 0 Å². The van der Waals surface area contributed by atoms with Crippen molar-refractivity contribution in [3.8, 4) is 0 Å². The first-order valence-corrected chi connectivity index (χ1v) is 7.97. The molecule has 4 aliphatic rings. The Labute approximate surface area is 137 Å². The molecule has 4 atom stereocenters. The smallest absolute Gasteiger partial charge is 0.238 e. The lowest BCUT2D eigenvalue weighted by molar-refractivity contribution is -0.153. The number of imide groups is 1. The number of anilines is 1. The Morgan fingerprint density at radius 1 is 0.957 bits per heavy atom. The summed E-state index contributed by atoms with van der Waals surface area (Å²) in [5.74, 6) is -3.55. The van der Waals surface area contributed by atoms with Crippen LogP contribution in [0.25, 0.3) is 0 Å². The molecule has 1 aliphatic heterocycles. The zero-order valence-electron chi connectivity index (χ0n) is 12.4. The average molecular weight is 332 g/mol. The SMILES string of the molecule is Cc1ccc(N2C(=O)[C@@H]3[C@H](C2=O)[C@H]2CC(=O)[C@H]3CC2=O)cc1Cl. The third-order valence-corrected chi connectivity index (χ3v) is 5.76. The summed E-state index contributed by atoms with van der Waals surface area (Å²) < 4.78 is 0. The van der Waals surface area contributed by atoms with E-state index in [1.54, 1.807) is 18.2 Å². The molecule has 5 nitrogen and oxygen atoms in total. The van der Waals surface area contributed by atoms with E-state index in [1.807, 2.05) is 6.92 Å². The molecule has 3 aliphatic carbocycles. The van der Waals surface area contributed by atoms with E-state index < -0.39 is 23.7 Å². The summed E-state index contributed by atoms with van der Waals surface area (Å²) >= 11 is 6.10. The molecule has 4 fully saturated rings. The number of carbonyl (C=O) groups excluding carboxylic acids is 4. The third kappa shape index (κ3) is 1.86. The Hall–Kier alpha value is -2.01. The van der Waals surface area contributed by atoms with Crippen molar-refractivity contribution in [1.29, 1.82) is 0 Å². The summed E-state index contributed by atoms with van der Waals surface area (Å²) in [5, 5.41) is 0.466. The second-order valence-electron chi connectivity index (χ2n) is 6.55. The molecule has 1 aromatic rings. The molecule has 23 heavy (non-hydrogen) atoms. The van der Waals surface area contributed by atoms with Crippen molar-refractivity contribution >= 4 is 40.7 Å². The highest BCUT2D eigenvalue weighted by Crippen LogP contribution is 2.50. The van der Waals surface area contributed by atoms with E-state index in [0.29, 0.717) is 10.7 Å². The van der Waals surface area contributed by atoms with Crippen LogP contribution >= 0.6 is 11.6 Å². The Balaban J connectivity index is 1.79. The molecule has 118 valence electrons. The third-order valence-electron chi connectivity index (χ3n) is 5.35. The fourth-order valence-corrected chi connectivity index (χ4v) is 4.33. The van der Waals surface area contributed by atoms with Crippen LogP contribution in [-0.2, 0) is 19.2 Å². The van der Waals surface area contributed by atoms with Gasteiger partial charge < -0.3 is 0 Å². The van der Waals surface area contributed by atoms with Crippen LogP contribution in [0.1, 0.15) is 18.4 Å². The van der Waals surface area contributed by atoms with Gasteiger partial charge in [0.05, 0.1) is 17.5 Å². The summed E-state index contributed by atoms with van der Waals surface area (Å²) in [6.07, 6.45) is 0.179. The number of Topliss-reactive ketones (excluding diaryl/α,β-unsaturated/α-hetero) is 2. The molecule has 0 spiro atoms. The van der Waals surface area contributed by atoms with Gasteiger partial charge in [-0.2, -0.15) is 0 Å². The first-order chi connectivity index (χ1) is 10.9. The summed E-state index contributed by atoms with van der Waals surface area (Å²) in [7, 11) is 0. The molecule has 0 unspecified atom stereocenters. The van der Waals surface area contributed by atoms with E-state index in [2.05, 4.69) is 0 Å². The molecule has 6 heteroatoms. The van der Waals surface area contributed by atoms with Crippen LogP contribution in [0, 0.1) is 30.6 Å². The number of nitrogens with zero attached hydrogens (tertiary/aromatic N) is 1. The van der Waals surface area contributed by atoms with E-state index in [9.17, 15) is 19.2 Å². The summed E-state index contributed by atoms with van der Waals surface area (Å²) in [5.41, 5.74) is 1.25. The number of aryl methyl sites for hydroxylation is 1. The maximum Gasteiger partial charge on any atom is 0.238 e. The summed E-state index contributed by atoms with van der Waals surface area (Å²) in [4.78, 5) is 50.8. The fraction of sp³-hybridized carbons (Fsp3) is 0.412. The number of hydrogen-bond donors (Lipinski definition) is 0. The monoisotopic (exact) mass is 331 g/mol. The van der Waals surface area contributed by atoms with Gasteiger partial charge in [-0.25, -0.2) is 4.90 Å². The van der Waals surface area contributed by atoms with Crippen molar-refractivity contribution in [2.24, 2.45) is 23.7 Å². The first-order valence-electron chi connectivity index (χ1n) is 7.59. The Bertz CT molecular complexity index is 747. The Kier molecular flexibility index (Phi) is 3.00. The molecule has 2 bridgehead atoms. The predicted molar refractivity (Wildman–Crippen MR) is 81.9 cm³/mol. The Morgan fingerprint density at radius 2 is 1.48 bits per heavy atom. The lowest BCUT2D eigenvalue weighted by atomic mass is 9.58. The minimum atomic E-state index is -0.688. The highest BCUT2D eigenvalue weighted by atomic mass is 35.5. The quantitative estimate of drug-likeness (QED) is 0.737. The molecule has 3 saturated carbocycles. The lowest BCUT2D eigenvalue weighted by Crippen LogP contribution is -2.51. The topological polar surface area (TPSA) is 71.5 Å². The van der Waals surface area contributed by atoms with Gasteiger partial charge in [0.1, 0.15) is 11.6 Å². The minimum Gasteiger partial charge on any atom is -0.299 e. The highest BCUT2D eigenvalue weighted by molar-refractivity contribution is 6.32. The normalized spacial score (nSPS) is 32.7. The van der Waals surface area contributed by atoms with Gasteiger partial charge in [-0.3, -0.25) is 19.2 Å². The average Bonchev–Trinajstić information content (AvgIpc) is 2.77. The maximum atomic E-state index is 12.8. The zero-order chi connectivity index (χ0) is 16.5. The van der Waals surface area contributed by atoms with E-state index in [4.69, 9.17) is 11.6 Å². The predicted octanol–water partition coefficient (Wildman–Crippen LogP) is 1.93. The number of halogens is 1. The van der Waals surface area contributed by atoms with E-state index in [1.165, 1.54) is 0 Å². The molecule has 1 saturated heterocycles. The van der Waals surface area contributed by atoms with Crippen LogP contribution in [0.2, 0.25) is 5.02 Å². The van der Waals surface area contributed by atoms with Gasteiger partial charge in [-0.1, -0.05) is 17.7 Å². The van der Waals surface area contributed by atoms with Gasteiger partial charge in [0, 0.05) is 29.7 Å². The van der Waals surface area contributed by atoms with Crippen molar-refractivity contribution in [2.75, 3.05) is 4.90 Å².